The Balaban J connectivity index is 2.91. The van der Waals surface area contributed by atoms with Gasteiger partial charge in [0.1, 0.15) is 0 Å². The van der Waals surface area contributed by atoms with Crippen LogP contribution in [0.4, 0.5) is 0 Å². The van der Waals surface area contributed by atoms with E-state index in [0.717, 1.165) is 10.6 Å². The Hall–Kier alpha value is -0.970. The number of aryl methyl sites for hydroxylation is 1. The average molecular weight is 208 g/mol. The number of hydrogen-bond acceptors (Lipinski definition) is 1. The van der Waals surface area contributed by atoms with Gasteiger partial charge < -0.3 is 5.73 Å². The van der Waals surface area contributed by atoms with Crippen LogP contribution in [0.25, 0.3) is 0 Å². The first-order valence-corrected chi connectivity index (χ1v) is 4.94. The van der Waals surface area contributed by atoms with Crippen LogP contribution in [0.1, 0.15) is 30.5 Å². The third-order valence-corrected chi connectivity index (χ3v) is 2.37. The molecule has 0 amide bonds. The van der Waals surface area contributed by atoms with Crippen molar-refractivity contribution in [3.63, 3.8) is 0 Å². The molecule has 2 N–H and O–H groups in total. The van der Waals surface area contributed by atoms with Crippen molar-refractivity contribution in [3.05, 3.63) is 34.3 Å². The van der Waals surface area contributed by atoms with Crippen molar-refractivity contribution in [2.75, 3.05) is 0 Å². The summed E-state index contributed by atoms with van der Waals surface area (Å²) >= 11 is 5.90. The molecular weight excluding hydrogens is 194 g/mol. The minimum atomic E-state index is -0.0406. The quantitative estimate of drug-likeness (QED) is 0.742. The first-order valence-electron chi connectivity index (χ1n) is 4.56. The van der Waals surface area contributed by atoms with Crippen molar-refractivity contribution in [2.45, 2.75) is 26.3 Å². The van der Waals surface area contributed by atoms with Crippen molar-refractivity contribution in [1.29, 1.82) is 0 Å². The molecule has 0 radical (unpaired) electrons. The molecule has 0 saturated carbocycles. The van der Waals surface area contributed by atoms with Gasteiger partial charge >= 0.3 is 0 Å². The van der Waals surface area contributed by atoms with E-state index in [2.05, 4.69) is 11.8 Å². The van der Waals surface area contributed by atoms with Gasteiger partial charge in [0.2, 0.25) is 0 Å². The number of halogens is 1. The Morgan fingerprint density at radius 3 is 2.86 bits per heavy atom. The molecule has 0 fully saturated rings. The van der Waals surface area contributed by atoms with Crippen LogP contribution in [0, 0.1) is 18.8 Å². The molecule has 0 heterocycles. The molecule has 1 atom stereocenters. The summed E-state index contributed by atoms with van der Waals surface area (Å²) in [6.45, 7) is 3.85. The Labute approximate surface area is 90.3 Å². The van der Waals surface area contributed by atoms with E-state index in [1.165, 1.54) is 5.56 Å². The van der Waals surface area contributed by atoms with E-state index in [-0.39, 0.29) is 6.04 Å². The van der Waals surface area contributed by atoms with Gasteiger partial charge in [-0.3, -0.25) is 0 Å². The van der Waals surface area contributed by atoms with Gasteiger partial charge in [-0.05, 0) is 37.1 Å². The predicted octanol–water partition coefficient (Wildman–Crippen LogP) is 3.06. The summed E-state index contributed by atoms with van der Waals surface area (Å²) in [5, 5.41) is 0.727. The van der Waals surface area contributed by atoms with E-state index < -0.39 is 0 Å². The molecule has 1 rings (SSSR count). The molecule has 1 unspecified atom stereocenters. The van der Waals surface area contributed by atoms with Gasteiger partial charge in [0.15, 0.2) is 0 Å². The zero-order chi connectivity index (χ0) is 10.6. The van der Waals surface area contributed by atoms with Gasteiger partial charge in [0.25, 0.3) is 0 Å². The summed E-state index contributed by atoms with van der Waals surface area (Å²) in [6.07, 6.45) is 0.678. The van der Waals surface area contributed by atoms with Crippen LogP contribution < -0.4 is 5.73 Å². The van der Waals surface area contributed by atoms with Gasteiger partial charge in [-0.15, -0.1) is 11.8 Å². The van der Waals surface area contributed by atoms with Gasteiger partial charge in [-0.2, -0.15) is 0 Å². The average Bonchev–Trinajstić information content (AvgIpc) is 2.18. The summed E-state index contributed by atoms with van der Waals surface area (Å²) in [5.41, 5.74) is 8.24. The van der Waals surface area contributed by atoms with E-state index in [0.29, 0.717) is 6.42 Å². The van der Waals surface area contributed by atoms with Crippen LogP contribution in [0.2, 0.25) is 5.02 Å². The third-order valence-electron chi connectivity index (χ3n) is 2.14. The largest absolute Gasteiger partial charge is 0.323 e. The molecule has 1 aromatic rings. The molecule has 0 bridgehead atoms. The Morgan fingerprint density at radius 1 is 1.50 bits per heavy atom. The second-order valence-electron chi connectivity index (χ2n) is 3.24. The highest BCUT2D eigenvalue weighted by Gasteiger charge is 2.07. The van der Waals surface area contributed by atoms with E-state index >= 15 is 0 Å². The summed E-state index contributed by atoms with van der Waals surface area (Å²) < 4.78 is 0. The lowest BCUT2D eigenvalue weighted by Gasteiger charge is -2.12. The smallest absolute Gasteiger partial charge is 0.0409 e. The van der Waals surface area contributed by atoms with E-state index in [1.54, 1.807) is 0 Å². The van der Waals surface area contributed by atoms with Crippen molar-refractivity contribution in [3.8, 4) is 11.8 Å². The van der Waals surface area contributed by atoms with Crippen molar-refractivity contribution in [2.24, 2.45) is 5.73 Å². The van der Waals surface area contributed by atoms with Gasteiger partial charge in [0.05, 0.1) is 0 Å². The van der Waals surface area contributed by atoms with Crippen molar-refractivity contribution >= 4 is 11.6 Å². The van der Waals surface area contributed by atoms with E-state index in [4.69, 9.17) is 17.3 Å². The number of hydrogen-bond donors (Lipinski definition) is 1. The van der Waals surface area contributed by atoms with Gasteiger partial charge in [-0.25, -0.2) is 0 Å². The highest BCUT2D eigenvalue weighted by molar-refractivity contribution is 6.30. The molecule has 2 heteroatoms. The van der Waals surface area contributed by atoms with Crippen LogP contribution in [0.5, 0.6) is 0 Å². The van der Waals surface area contributed by atoms with E-state index in [9.17, 15) is 0 Å². The Kier molecular flexibility index (Phi) is 4.00. The number of benzene rings is 1. The SMILES string of the molecule is CC#CCC(N)c1cc(Cl)ccc1C. The van der Waals surface area contributed by atoms with Crippen LogP contribution in [0.3, 0.4) is 0 Å². The molecule has 0 spiro atoms. The second kappa shape index (κ2) is 5.05. The zero-order valence-electron chi connectivity index (χ0n) is 8.47. The van der Waals surface area contributed by atoms with Crippen LogP contribution in [0.15, 0.2) is 18.2 Å². The molecule has 0 aromatic heterocycles. The normalized spacial score (nSPS) is 11.7. The van der Waals surface area contributed by atoms with Crippen LogP contribution in [-0.2, 0) is 0 Å². The maximum absolute atomic E-state index is 5.99. The molecule has 0 aliphatic carbocycles. The molecule has 1 nitrogen and oxygen atoms in total. The fourth-order valence-corrected chi connectivity index (χ4v) is 1.51. The lowest BCUT2D eigenvalue weighted by molar-refractivity contribution is 0.748. The zero-order valence-corrected chi connectivity index (χ0v) is 9.23. The highest BCUT2D eigenvalue weighted by atomic mass is 35.5. The summed E-state index contributed by atoms with van der Waals surface area (Å²) in [6, 6.07) is 5.73. The minimum absolute atomic E-state index is 0.0406. The molecule has 14 heavy (non-hydrogen) atoms. The molecule has 0 aliphatic heterocycles. The highest BCUT2D eigenvalue weighted by Crippen LogP contribution is 2.22. The monoisotopic (exact) mass is 207 g/mol. The summed E-state index contributed by atoms with van der Waals surface area (Å²) in [4.78, 5) is 0. The first-order chi connectivity index (χ1) is 6.65. The standard InChI is InChI=1S/C12H14ClN/c1-3-4-5-12(14)11-8-10(13)7-6-9(11)2/h6-8,12H,5,14H2,1-2H3. The van der Waals surface area contributed by atoms with Crippen LogP contribution >= 0.6 is 11.6 Å². The molecule has 0 saturated heterocycles. The summed E-state index contributed by atoms with van der Waals surface area (Å²) in [7, 11) is 0. The fourth-order valence-electron chi connectivity index (χ4n) is 1.33. The molecule has 0 aliphatic rings. The maximum atomic E-state index is 5.99. The second-order valence-corrected chi connectivity index (χ2v) is 3.67. The minimum Gasteiger partial charge on any atom is -0.323 e. The predicted molar refractivity (Wildman–Crippen MR) is 61.2 cm³/mol. The first kappa shape index (κ1) is 11.1. The molecular formula is C12H14ClN. The third kappa shape index (κ3) is 2.77. The molecule has 1 aromatic carbocycles. The van der Waals surface area contributed by atoms with E-state index in [1.807, 2.05) is 32.0 Å². The fraction of sp³-hybridized carbons (Fsp3) is 0.333. The van der Waals surface area contributed by atoms with Gasteiger partial charge in [0, 0.05) is 17.5 Å². The van der Waals surface area contributed by atoms with Crippen molar-refractivity contribution in [1.82, 2.24) is 0 Å². The lowest BCUT2D eigenvalue weighted by Crippen LogP contribution is -2.10. The summed E-state index contributed by atoms with van der Waals surface area (Å²) in [5.74, 6) is 5.81. The number of rotatable bonds is 2. The molecule has 74 valence electrons. The maximum Gasteiger partial charge on any atom is 0.0409 e. The van der Waals surface area contributed by atoms with Crippen LogP contribution in [-0.4, -0.2) is 0 Å². The number of nitrogens with two attached hydrogens (primary N) is 1. The Morgan fingerprint density at radius 2 is 2.21 bits per heavy atom. The van der Waals surface area contributed by atoms with Crippen molar-refractivity contribution < 1.29 is 0 Å². The lowest BCUT2D eigenvalue weighted by atomic mass is 10.00. The topological polar surface area (TPSA) is 26.0 Å². The van der Waals surface area contributed by atoms with Gasteiger partial charge in [-0.1, -0.05) is 17.7 Å². The Bertz CT molecular complexity index is 374.